The summed E-state index contributed by atoms with van der Waals surface area (Å²) in [7, 11) is 1.96. The van der Waals surface area contributed by atoms with Crippen LogP contribution in [0.4, 0.5) is 5.69 Å². The summed E-state index contributed by atoms with van der Waals surface area (Å²) in [5, 5.41) is 17.2. The van der Waals surface area contributed by atoms with Crippen molar-refractivity contribution in [3.63, 3.8) is 0 Å². The van der Waals surface area contributed by atoms with Gasteiger partial charge in [-0.3, -0.25) is 4.79 Å². The van der Waals surface area contributed by atoms with Gasteiger partial charge in [0.15, 0.2) is 5.11 Å². The molecule has 3 atom stereocenters. The molecular formula is C25H32N6OS. The van der Waals surface area contributed by atoms with Crippen LogP contribution in [0.2, 0.25) is 0 Å². The molecular weight excluding hydrogens is 432 g/mol. The molecule has 3 aliphatic rings. The molecule has 1 aliphatic heterocycles. The second-order valence-electron chi connectivity index (χ2n) is 9.25. The third kappa shape index (κ3) is 5.91. The maximum absolute atomic E-state index is 12.5. The van der Waals surface area contributed by atoms with Gasteiger partial charge in [-0.1, -0.05) is 24.3 Å². The van der Waals surface area contributed by atoms with E-state index in [2.05, 4.69) is 39.0 Å². The first-order valence-electron chi connectivity index (χ1n) is 11.8. The minimum atomic E-state index is -0.0391. The van der Waals surface area contributed by atoms with E-state index in [1.807, 2.05) is 36.2 Å². The first kappa shape index (κ1) is 23.2. The second-order valence-corrected chi connectivity index (χ2v) is 9.64. The standard InChI is InChI=1S/C25H32N6OS/c1-30(12-2-11-26)22-7-4-18(5-8-22)17-27-29-24(32)20-9-13-31(14-10-20)25(33)28-23-16-19-3-6-21(23)15-19/h3-8,17,19-21,23H,2,9-10,12-16H2,1H3,(H,28,33)(H,29,32)/b27-17-/t19-,21-,23-/m0/s1. The van der Waals surface area contributed by atoms with E-state index < -0.39 is 0 Å². The van der Waals surface area contributed by atoms with Crippen molar-refractivity contribution in [1.29, 1.82) is 5.26 Å². The van der Waals surface area contributed by atoms with E-state index in [-0.39, 0.29) is 11.8 Å². The zero-order chi connectivity index (χ0) is 23.2. The van der Waals surface area contributed by atoms with Crippen molar-refractivity contribution in [3.8, 4) is 6.07 Å². The summed E-state index contributed by atoms with van der Waals surface area (Å²) in [4.78, 5) is 16.8. The number of nitriles is 1. The maximum atomic E-state index is 12.5. The van der Waals surface area contributed by atoms with Crippen molar-refractivity contribution in [2.75, 3.05) is 31.6 Å². The number of carbonyl (C=O) groups is 1. The summed E-state index contributed by atoms with van der Waals surface area (Å²) >= 11 is 5.65. The van der Waals surface area contributed by atoms with Gasteiger partial charge in [-0.15, -0.1) is 0 Å². The summed E-state index contributed by atoms with van der Waals surface area (Å²) in [6, 6.07) is 10.5. The lowest BCUT2D eigenvalue weighted by atomic mass is 9.96. The molecule has 174 valence electrons. The number of nitrogens with one attached hydrogen (secondary N) is 2. The SMILES string of the molecule is CN(CCC#N)c1ccc(/C=N\NC(=O)C2CCN(C(=S)N[C@H]3C[C@H]4C=C[C@H]3C4)CC2)cc1. The predicted molar refractivity (Wildman–Crippen MR) is 135 cm³/mol. The Morgan fingerprint density at radius 1 is 1.27 bits per heavy atom. The molecule has 0 spiro atoms. The Bertz CT molecular complexity index is 945. The van der Waals surface area contributed by atoms with Crippen molar-refractivity contribution >= 4 is 35.1 Å². The third-order valence-electron chi connectivity index (χ3n) is 7.02. The van der Waals surface area contributed by atoms with Crippen molar-refractivity contribution in [3.05, 3.63) is 42.0 Å². The van der Waals surface area contributed by atoms with Crippen molar-refractivity contribution in [2.45, 2.75) is 38.1 Å². The van der Waals surface area contributed by atoms with Crippen molar-refractivity contribution in [1.82, 2.24) is 15.6 Å². The summed E-state index contributed by atoms with van der Waals surface area (Å²) < 4.78 is 0. The fraction of sp³-hybridized carbons (Fsp3) is 0.520. The molecule has 7 nitrogen and oxygen atoms in total. The number of hydrogen-bond donors (Lipinski definition) is 2. The molecule has 2 bridgehead atoms. The van der Waals surface area contributed by atoms with E-state index in [0.717, 1.165) is 48.2 Å². The number of hydrogen-bond acceptors (Lipinski definition) is 5. The number of fused-ring (bicyclic) bond motifs is 2. The van der Waals surface area contributed by atoms with E-state index in [9.17, 15) is 4.79 Å². The van der Waals surface area contributed by atoms with Crippen molar-refractivity contribution < 1.29 is 4.79 Å². The Labute approximate surface area is 201 Å². The number of allylic oxidation sites excluding steroid dienone is 1. The van der Waals surface area contributed by atoms with Gasteiger partial charge in [0.1, 0.15) is 0 Å². The number of carbonyl (C=O) groups excluding carboxylic acids is 1. The Kier molecular flexibility index (Phi) is 7.61. The highest BCUT2D eigenvalue weighted by Gasteiger charge is 2.36. The minimum absolute atomic E-state index is 0.0316. The van der Waals surface area contributed by atoms with Gasteiger partial charge in [0.2, 0.25) is 5.91 Å². The summed E-state index contributed by atoms with van der Waals surface area (Å²) in [6.07, 6.45) is 10.8. The molecule has 2 N–H and O–H groups in total. The van der Waals surface area contributed by atoms with E-state index in [1.54, 1.807) is 6.21 Å². The summed E-state index contributed by atoms with van der Waals surface area (Å²) in [6.45, 7) is 2.29. The van der Waals surface area contributed by atoms with Gasteiger partial charge < -0.3 is 15.1 Å². The van der Waals surface area contributed by atoms with Crippen LogP contribution in [0.3, 0.4) is 0 Å². The molecule has 0 unspecified atom stereocenters. The van der Waals surface area contributed by atoms with Crippen LogP contribution in [-0.4, -0.2) is 54.9 Å². The summed E-state index contributed by atoms with van der Waals surface area (Å²) in [5.74, 6) is 1.27. The van der Waals surface area contributed by atoms with E-state index in [4.69, 9.17) is 17.5 Å². The van der Waals surface area contributed by atoms with Gasteiger partial charge in [-0.2, -0.15) is 10.4 Å². The van der Waals surface area contributed by atoms with Gasteiger partial charge >= 0.3 is 0 Å². The highest BCUT2D eigenvalue weighted by atomic mass is 32.1. The molecule has 1 aromatic rings. The molecule has 8 heteroatoms. The number of rotatable bonds is 7. The Morgan fingerprint density at radius 3 is 2.67 bits per heavy atom. The molecule has 4 rings (SSSR count). The highest BCUT2D eigenvalue weighted by Crippen LogP contribution is 2.39. The highest BCUT2D eigenvalue weighted by molar-refractivity contribution is 7.80. The zero-order valence-corrected chi connectivity index (χ0v) is 19.9. The molecule has 1 saturated heterocycles. The molecule has 2 aliphatic carbocycles. The number of nitrogens with zero attached hydrogens (tertiary/aromatic N) is 4. The first-order chi connectivity index (χ1) is 16.0. The van der Waals surface area contributed by atoms with E-state index >= 15 is 0 Å². The van der Waals surface area contributed by atoms with Gasteiger partial charge in [0, 0.05) is 44.3 Å². The number of benzene rings is 1. The quantitative estimate of drug-likeness (QED) is 0.279. The van der Waals surface area contributed by atoms with Gasteiger partial charge in [0.25, 0.3) is 0 Å². The van der Waals surface area contributed by atoms with Crippen LogP contribution < -0.4 is 15.6 Å². The number of amides is 1. The number of thiocarbonyl (C=S) groups is 1. The van der Waals surface area contributed by atoms with Crippen molar-refractivity contribution in [2.24, 2.45) is 22.9 Å². The molecule has 2 fully saturated rings. The third-order valence-corrected chi connectivity index (χ3v) is 7.40. The topological polar surface area (TPSA) is 83.8 Å². The lowest BCUT2D eigenvalue weighted by Crippen LogP contribution is -2.49. The first-order valence-corrected chi connectivity index (χ1v) is 12.2. The number of piperidine rings is 1. The van der Waals surface area contributed by atoms with Gasteiger partial charge in [0.05, 0.1) is 18.7 Å². The molecule has 33 heavy (non-hydrogen) atoms. The molecule has 0 radical (unpaired) electrons. The molecule has 0 aromatic heterocycles. The monoisotopic (exact) mass is 464 g/mol. The van der Waals surface area contributed by atoms with Crippen LogP contribution in [-0.2, 0) is 4.79 Å². The Hall–Kier alpha value is -2.92. The van der Waals surface area contributed by atoms with Crippen LogP contribution in [0.1, 0.15) is 37.7 Å². The second kappa shape index (κ2) is 10.8. The summed E-state index contributed by atoms with van der Waals surface area (Å²) in [5.41, 5.74) is 4.65. The fourth-order valence-electron chi connectivity index (χ4n) is 4.96. The van der Waals surface area contributed by atoms with E-state index in [1.165, 1.54) is 12.8 Å². The van der Waals surface area contributed by atoms with Gasteiger partial charge in [-0.25, -0.2) is 5.43 Å². The zero-order valence-electron chi connectivity index (χ0n) is 19.1. The van der Waals surface area contributed by atoms with Crippen LogP contribution >= 0.6 is 12.2 Å². The van der Waals surface area contributed by atoms with Crippen LogP contribution in [0.15, 0.2) is 41.5 Å². The maximum Gasteiger partial charge on any atom is 0.243 e. The lowest BCUT2D eigenvalue weighted by molar-refractivity contribution is -0.126. The number of anilines is 1. The fourth-order valence-corrected chi connectivity index (χ4v) is 5.30. The average molecular weight is 465 g/mol. The number of likely N-dealkylation sites (tertiary alicyclic amines) is 1. The smallest absolute Gasteiger partial charge is 0.243 e. The molecule has 1 heterocycles. The normalized spacial score (nSPS) is 24.1. The largest absolute Gasteiger partial charge is 0.374 e. The predicted octanol–water partition coefficient (Wildman–Crippen LogP) is 3.04. The van der Waals surface area contributed by atoms with Crippen LogP contribution in [0.25, 0.3) is 0 Å². The molecule has 1 saturated carbocycles. The van der Waals surface area contributed by atoms with Gasteiger partial charge in [-0.05, 0) is 67.4 Å². The van der Waals surface area contributed by atoms with E-state index in [0.29, 0.717) is 24.9 Å². The minimum Gasteiger partial charge on any atom is -0.374 e. The number of hydrazone groups is 1. The Balaban J connectivity index is 1.18. The average Bonchev–Trinajstić information content (AvgIpc) is 3.46. The Morgan fingerprint density at radius 2 is 2.03 bits per heavy atom. The molecule has 1 aromatic carbocycles. The van der Waals surface area contributed by atoms with Crippen LogP contribution in [0.5, 0.6) is 0 Å². The van der Waals surface area contributed by atoms with Crippen LogP contribution in [0, 0.1) is 29.1 Å². The lowest BCUT2D eigenvalue weighted by Gasteiger charge is -2.35. The molecule has 1 amide bonds.